The molecule has 5 nitrogen and oxygen atoms in total. The second-order valence-corrected chi connectivity index (χ2v) is 4.78. The lowest BCUT2D eigenvalue weighted by Gasteiger charge is -2.14. The van der Waals surface area contributed by atoms with Gasteiger partial charge in [-0.25, -0.2) is 9.18 Å². The Kier molecular flexibility index (Phi) is 6.02. The number of urea groups is 1. The second-order valence-electron chi connectivity index (χ2n) is 4.78. The number of aliphatic hydroxyl groups is 1. The maximum atomic E-state index is 13.4. The third-order valence-corrected chi connectivity index (χ3v) is 3.05. The summed E-state index contributed by atoms with van der Waals surface area (Å²) < 4.78 is 42.0. The first kappa shape index (κ1) is 17.6. The molecular weight excluding hydrogens is 325 g/mol. The normalized spacial score (nSPS) is 11.9. The lowest BCUT2D eigenvalue weighted by atomic mass is 10.1. The molecule has 0 spiro atoms. The van der Waals surface area contributed by atoms with Gasteiger partial charge in [-0.05, 0) is 29.8 Å². The summed E-state index contributed by atoms with van der Waals surface area (Å²) in [6.07, 6.45) is -1.14. The van der Waals surface area contributed by atoms with E-state index in [-0.39, 0.29) is 18.0 Å². The molecule has 2 rings (SSSR count). The number of carbonyl (C=O) groups excluding carboxylic acids is 1. The Bertz CT molecular complexity index is 698. The Labute approximate surface area is 136 Å². The van der Waals surface area contributed by atoms with E-state index in [1.54, 1.807) is 6.07 Å². The monoisotopic (exact) mass is 340 g/mol. The van der Waals surface area contributed by atoms with Crippen molar-refractivity contribution in [1.82, 2.24) is 5.32 Å². The Balaban J connectivity index is 1.89. The van der Waals surface area contributed by atoms with Gasteiger partial charge in [0, 0.05) is 6.54 Å². The van der Waals surface area contributed by atoms with Crippen LogP contribution in [0.2, 0.25) is 0 Å². The molecule has 0 fully saturated rings. The fourth-order valence-corrected chi connectivity index (χ4v) is 1.93. The van der Waals surface area contributed by atoms with Gasteiger partial charge in [0.15, 0.2) is 0 Å². The predicted molar refractivity (Wildman–Crippen MR) is 81.5 cm³/mol. The smallest absolute Gasteiger partial charge is 0.387 e. The van der Waals surface area contributed by atoms with E-state index in [1.807, 2.05) is 0 Å². The molecule has 8 heteroatoms. The molecule has 3 N–H and O–H groups in total. The minimum Gasteiger partial charge on any atom is -0.435 e. The first-order valence-electron chi connectivity index (χ1n) is 6.98. The zero-order valence-electron chi connectivity index (χ0n) is 12.4. The van der Waals surface area contributed by atoms with Crippen LogP contribution in [0.5, 0.6) is 5.75 Å². The summed E-state index contributed by atoms with van der Waals surface area (Å²) in [7, 11) is 0. The fourth-order valence-electron chi connectivity index (χ4n) is 1.93. The summed E-state index contributed by atoms with van der Waals surface area (Å²) in [4.78, 5) is 11.7. The highest BCUT2D eigenvalue weighted by Gasteiger charge is 2.12. The van der Waals surface area contributed by atoms with Gasteiger partial charge >= 0.3 is 12.6 Å². The number of rotatable bonds is 6. The van der Waals surface area contributed by atoms with E-state index in [0.717, 1.165) is 0 Å². The quantitative estimate of drug-likeness (QED) is 0.756. The Morgan fingerprint density at radius 2 is 1.92 bits per heavy atom. The average Bonchev–Trinajstić information content (AvgIpc) is 2.54. The van der Waals surface area contributed by atoms with Gasteiger partial charge in [-0.15, -0.1) is 0 Å². The molecular formula is C16H15F3N2O3. The Morgan fingerprint density at radius 3 is 2.62 bits per heavy atom. The molecule has 0 radical (unpaired) electrons. The standard InChI is InChI=1S/C16H15F3N2O3/c17-12-6-1-2-7-13(12)21-16(23)20-9-14(22)10-4-3-5-11(8-10)24-15(18)19/h1-8,14-15,22H,9H2,(H2,20,21,23). The molecule has 0 heterocycles. The summed E-state index contributed by atoms with van der Waals surface area (Å²) in [5.74, 6) is -0.692. The van der Waals surface area contributed by atoms with Crippen molar-refractivity contribution in [3.63, 3.8) is 0 Å². The van der Waals surface area contributed by atoms with Crippen LogP contribution in [0.3, 0.4) is 0 Å². The van der Waals surface area contributed by atoms with Crippen LogP contribution in [0, 0.1) is 5.82 Å². The van der Waals surface area contributed by atoms with Crippen molar-refractivity contribution in [2.45, 2.75) is 12.7 Å². The van der Waals surface area contributed by atoms with Crippen LogP contribution in [0.25, 0.3) is 0 Å². The van der Waals surface area contributed by atoms with Crippen molar-refractivity contribution in [3.05, 3.63) is 59.9 Å². The first-order chi connectivity index (χ1) is 11.5. The summed E-state index contributed by atoms with van der Waals surface area (Å²) in [6.45, 7) is -3.17. The van der Waals surface area contributed by atoms with E-state index in [1.165, 1.54) is 42.5 Å². The van der Waals surface area contributed by atoms with Crippen LogP contribution in [-0.2, 0) is 0 Å². The van der Waals surface area contributed by atoms with Gasteiger partial charge in [-0.3, -0.25) is 0 Å². The van der Waals surface area contributed by atoms with E-state index in [9.17, 15) is 23.1 Å². The van der Waals surface area contributed by atoms with Crippen LogP contribution >= 0.6 is 0 Å². The SMILES string of the molecule is O=C(NCC(O)c1cccc(OC(F)F)c1)Nc1ccccc1F. The molecule has 0 bridgehead atoms. The van der Waals surface area contributed by atoms with Crippen LogP contribution in [0.4, 0.5) is 23.7 Å². The molecule has 2 aromatic rings. The Morgan fingerprint density at radius 1 is 1.17 bits per heavy atom. The number of ether oxygens (including phenoxy) is 1. The third kappa shape index (κ3) is 5.17. The number of benzene rings is 2. The topological polar surface area (TPSA) is 70.6 Å². The molecule has 0 saturated carbocycles. The van der Waals surface area contributed by atoms with Crippen molar-refractivity contribution in [3.8, 4) is 5.75 Å². The van der Waals surface area contributed by atoms with Crippen molar-refractivity contribution in [2.24, 2.45) is 0 Å². The summed E-state index contributed by atoms with van der Waals surface area (Å²) in [6, 6.07) is 10.4. The van der Waals surface area contributed by atoms with Crippen LogP contribution in [0.1, 0.15) is 11.7 Å². The summed E-state index contributed by atoms with van der Waals surface area (Å²) in [5, 5.41) is 14.6. The number of aliphatic hydroxyl groups excluding tert-OH is 1. The van der Waals surface area contributed by atoms with E-state index < -0.39 is 24.6 Å². The van der Waals surface area contributed by atoms with Gasteiger partial charge in [0.05, 0.1) is 11.8 Å². The zero-order chi connectivity index (χ0) is 17.5. The number of halogens is 3. The highest BCUT2D eigenvalue weighted by atomic mass is 19.3. The van der Waals surface area contributed by atoms with Crippen molar-refractivity contribution in [2.75, 3.05) is 11.9 Å². The molecule has 0 aromatic heterocycles. The molecule has 0 saturated heterocycles. The molecule has 128 valence electrons. The van der Waals surface area contributed by atoms with Gasteiger partial charge in [-0.2, -0.15) is 8.78 Å². The van der Waals surface area contributed by atoms with E-state index in [4.69, 9.17) is 0 Å². The van der Waals surface area contributed by atoms with Gasteiger partial charge in [-0.1, -0.05) is 24.3 Å². The molecule has 0 aliphatic heterocycles. The van der Waals surface area contributed by atoms with E-state index in [0.29, 0.717) is 5.56 Å². The van der Waals surface area contributed by atoms with E-state index >= 15 is 0 Å². The van der Waals surface area contributed by atoms with Crippen molar-refractivity contribution < 1.29 is 27.8 Å². The summed E-state index contributed by atoms with van der Waals surface area (Å²) >= 11 is 0. The van der Waals surface area contributed by atoms with Gasteiger partial charge in [0.25, 0.3) is 0 Å². The zero-order valence-corrected chi connectivity index (χ0v) is 12.4. The van der Waals surface area contributed by atoms with Gasteiger partial charge < -0.3 is 20.5 Å². The third-order valence-electron chi connectivity index (χ3n) is 3.05. The molecule has 24 heavy (non-hydrogen) atoms. The number of hydrogen-bond donors (Lipinski definition) is 3. The number of hydrogen-bond acceptors (Lipinski definition) is 3. The molecule has 0 aliphatic rings. The number of nitrogens with one attached hydrogen (secondary N) is 2. The lowest BCUT2D eigenvalue weighted by molar-refractivity contribution is -0.0499. The van der Waals surface area contributed by atoms with E-state index in [2.05, 4.69) is 15.4 Å². The minimum absolute atomic E-state index is 0.00294. The van der Waals surface area contributed by atoms with Crippen LogP contribution in [-0.4, -0.2) is 24.3 Å². The number of para-hydroxylation sites is 1. The number of anilines is 1. The lowest BCUT2D eigenvalue weighted by Crippen LogP contribution is -2.32. The molecule has 1 unspecified atom stereocenters. The largest absolute Gasteiger partial charge is 0.435 e. The van der Waals surface area contributed by atoms with Crippen LogP contribution in [0.15, 0.2) is 48.5 Å². The molecule has 0 aliphatic carbocycles. The maximum Gasteiger partial charge on any atom is 0.387 e. The van der Waals surface area contributed by atoms with Crippen molar-refractivity contribution >= 4 is 11.7 Å². The molecule has 1 atom stereocenters. The van der Waals surface area contributed by atoms with Gasteiger partial charge in [0.1, 0.15) is 11.6 Å². The average molecular weight is 340 g/mol. The molecule has 2 aromatic carbocycles. The highest BCUT2D eigenvalue weighted by molar-refractivity contribution is 5.89. The minimum atomic E-state index is -2.97. The Hall–Kier alpha value is -2.74. The van der Waals surface area contributed by atoms with Crippen LogP contribution < -0.4 is 15.4 Å². The predicted octanol–water partition coefficient (Wildman–Crippen LogP) is 3.28. The summed E-state index contributed by atoms with van der Waals surface area (Å²) in [5.41, 5.74) is 0.288. The molecule has 2 amide bonds. The fraction of sp³-hybridized carbons (Fsp3) is 0.188. The number of amides is 2. The van der Waals surface area contributed by atoms with Crippen molar-refractivity contribution in [1.29, 1.82) is 0 Å². The van der Waals surface area contributed by atoms with Gasteiger partial charge in [0.2, 0.25) is 0 Å². The first-order valence-corrected chi connectivity index (χ1v) is 6.98. The number of carbonyl (C=O) groups is 1. The maximum absolute atomic E-state index is 13.4. The second kappa shape index (κ2) is 8.21. The number of alkyl halides is 2. The highest BCUT2D eigenvalue weighted by Crippen LogP contribution is 2.20.